The second-order valence-electron chi connectivity index (χ2n) is 9.76. The number of nitrogens with two attached hydrogens (primary N) is 1. The highest BCUT2D eigenvalue weighted by Gasteiger charge is 2.41. The first kappa shape index (κ1) is 19.2. The molecule has 4 saturated carbocycles. The minimum atomic E-state index is 0.126. The van der Waals surface area contributed by atoms with Gasteiger partial charge in [-0.1, -0.05) is 19.3 Å². The summed E-state index contributed by atoms with van der Waals surface area (Å²) in [6.07, 6.45) is 14.1. The Morgan fingerprint density at radius 1 is 0.667 bits per heavy atom. The molecule has 152 valence electrons. The Kier molecular flexibility index (Phi) is 6.05. The predicted octanol–water partition coefficient (Wildman–Crippen LogP) is 2.87. The number of rotatable bonds is 4. The van der Waals surface area contributed by atoms with Crippen LogP contribution in [0.3, 0.4) is 0 Å². The van der Waals surface area contributed by atoms with Crippen LogP contribution in [0, 0.1) is 23.7 Å². The lowest BCUT2D eigenvalue weighted by Gasteiger charge is -2.45. The van der Waals surface area contributed by atoms with Crippen molar-refractivity contribution in [1.29, 1.82) is 0 Å². The highest BCUT2D eigenvalue weighted by molar-refractivity contribution is 5.80. The normalized spacial score (nSPS) is 39.7. The molecule has 0 aromatic heterocycles. The summed E-state index contributed by atoms with van der Waals surface area (Å²) in [5.74, 6) is 2.04. The lowest BCUT2D eigenvalue weighted by molar-refractivity contribution is -0.128. The third-order valence-electron chi connectivity index (χ3n) is 7.86. The maximum atomic E-state index is 12.9. The number of carbonyl (C=O) groups is 2. The van der Waals surface area contributed by atoms with Gasteiger partial charge in [0, 0.05) is 30.0 Å². The molecule has 0 aromatic rings. The third-order valence-corrected chi connectivity index (χ3v) is 7.86. The highest BCUT2D eigenvalue weighted by atomic mass is 16.2. The Morgan fingerprint density at radius 2 is 1.22 bits per heavy atom. The van der Waals surface area contributed by atoms with E-state index in [4.69, 9.17) is 5.73 Å². The van der Waals surface area contributed by atoms with Crippen LogP contribution in [0.25, 0.3) is 0 Å². The van der Waals surface area contributed by atoms with Crippen LogP contribution in [-0.4, -0.2) is 29.9 Å². The fraction of sp³-hybridized carbons (Fsp3) is 0.909. The Balaban J connectivity index is 1.23. The lowest BCUT2D eigenvalue weighted by atomic mass is 9.67. The van der Waals surface area contributed by atoms with Crippen LogP contribution in [0.15, 0.2) is 0 Å². The van der Waals surface area contributed by atoms with Crippen molar-refractivity contribution in [2.75, 3.05) is 0 Å². The zero-order chi connectivity index (χ0) is 18.8. The number of fused-ring (bicyclic) bond motifs is 2. The Morgan fingerprint density at radius 3 is 1.85 bits per heavy atom. The van der Waals surface area contributed by atoms with Crippen LogP contribution in [-0.2, 0) is 9.59 Å². The minimum Gasteiger partial charge on any atom is -0.353 e. The van der Waals surface area contributed by atoms with Gasteiger partial charge in [0.25, 0.3) is 0 Å². The van der Waals surface area contributed by atoms with E-state index in [0.717, 1.165) is 51.4 Å². The third kappa shape index (κ3) is 4.49. The molecule has 2 atom stereocenters. The first-order valence-electron chi connectivity index (χ1n) is 11.5. The van der Waals surface area contributed by atoms with Gasteiger partial charge in [0.2, 0.25) is 11.8 Å². The first-order valence-corrected chi connectivity index (χ1v) is 11.5. The lowest BCUT2D eigenvalue weighted by Crippen LogP contribution is -2.55. The topological polar surface area (TPSA) is 84.2 Å². The molecular weight excluding hydrogens is 338 g/mol. The number of hydrogen-bond donors (Lipinski definition) is 3. The zero-order valence-corrected chi connectivity index (χ0v) is 16.6. The number of nitrogens with one attached hydrogen (secondary N) is 2. The summed E-state index contributed by atoms with van der Waals surface area (Å²) in [4.78, 5) is 25.2. The molecule has 0 heterocycles. The molecule has 4 aliphatic rings. The van der Waals surface area contributed by atoms with E-state index in [2.05, 4.69) is 10.6 Å². The molecule has 2 bridgehead atoms. The van der Waals surface area contributed by atoms with Gasteiger partial charge in [0.15, 0.2) is 0 Å². The molecule has 27 heavy (non-hydrogen) atoms. The van der Waals surface area contributed by atoms with Crippen molar-refractivity contribution >= 4 is 11.8 Å². The predicted molar refractivity (Wildman–Crippen MR) is 106 cm³/mol. The highest BCUT2D eigenvalue weighted by Crippen LogP contribution is 2.40. The van der Waals surface area contributed by atoms with Crippen molar-refractivity contribution in [3.8, 4) is 0 Å². The van der Waals surface area contributed by atoms with E-state index in [-0.39, 0.29) is 29.7 Å². The van der Waals surface area contributed by atoms with Crippen LogP contribution >= 0.6 is 0 Å². The van der Waals surface area contributed by atoms with Crippen molar-refractivity contribution in [3.05, 3.63) is 0 Å². The van der Waals surface area contributed by atoms with Crippen molar-refractivity contribution in [1.82, 2.24) is 10.6 Å². The van der Waals surface area contributed by atoms with Crippen molar-refractivity contribution < 1.29 is 9.59 Å². The molecule has 5 nitrogen and oxygen atoms in total. The summed E-state index contributed by atoms with van der Waals surface area (Å²) in [6, 6.07) is 0.951. The zero-order valence-electron chi connectivity index (χ0n) is 16.6. The fourth-order valence-corrected chi connectivity index (χ4v) is 6.31. The molecule has 4 N–H and O–H groups in total. The van der Waals surface area contributed by atoms with Crippen LogP contribution in [0.5, 0.6) is 0 Å². The molecule has 2 unspecified atom stereocenters. The van der Waals surface area contributed by atoms with Gasteiger partial charge in [-0.05, 0) is 76.0 Å². The fourth-order valence-electron chi connectivity index (χ4n) is 6.31. The van der Waals surface area contributed by atoms with E-state index in [1.54, 1.807) is 0 Å². The van der Waals surface area contributed by atoms with Gasteiger partial charge in [-0.25, -0.2) is 0 Å². The van der Waals surface area contributed by atoms with Gasteiger partial charge in [0.1, 0.15) is 0 Å². The molecule has 4 fully saturated rings. The summed E-state index contributed by atoms with van der Waals surface area (Å²) < 4.78 is 0. The average molecular weight is 376 g/mol. The average Bonchev–Trinajstić information content (AvgIpc) is 3.18. The van der Waals surface area contributed by atoms with Crippen LogP contribution in [0.4, 0.5) is 0 Å². The molecular formula is C22H37N3O2. The second-order valence-corrected chi connectivity index (χ2v) is 9.76. The van der Waals surface area contributed by atoms with Crippen LogP contribution in [0.2, 0.25) is 0 Å². The smallest absolute Gasteiger partial charge is 0.223 e. The van der Waals surface area contributed by atoms with Crippen molar-refractivity contribution in [2.24, 2.45) is 29.4 Å². The summed E-state index contributed by atoms with van der Waals surface area (Å²) in [5, 5.41) is 6.68. The van der Waals surface area contributed by atoms with Gasteiger partial charge in [-0.3, -0.25) is 9.59 Å². The number of amides is 2. The molecule has 4 aliphatic carbocycles. The standard InChI is InChI=1S/C22H37N3O2/c23-18-12-16-6-3-7-17(13-18)20(16)25-22(27)15-8-10-19(11-9-15)24-21(26)14-4-1-2-5-14/h14-20H,1-13,23H2,(H,24,26)(H,25,27). The van der Waals surface area contributed by atoms with Crippen molar-refractivity contribution in [3.63, 3.8) is 0 Å². The summed E-state index contributed by atoms with van der Waals surface area (Å²) in [6.45, 7) is 0. The molecule has 0 saturated heterocycles. The molecule has 5 heteroatoms. The summed E-state index contributed by atoms with van der Waals surface area (Å²) >= 11 is 0. The minimum absolute atomic E-state index is 0.126. The summed E-state index contributed by atoms with van der Waals surface area (Å²) in [7, 11) is 0. The van der Waals surface area contributed by atoms with E-state index >= 15 is 0 Å². The van der Waals surface area contributed by atoms with Gasteiger partial charge < -0.3 is 16.4 Å². The molecule has 2 amide bonds. The van der Waals surface area contributed by atoms with E-state index < -0.39 is 0 Å². The molecule has 0 radical (unpaired) electrons. The van der Waals surface area contributed by atoms with E-state index in [1.165, 1.54) is 32.1 Å². The van der Waals surface area contributed by atoms with E-state index in [9.17, 15) is 9.59 Å². The molecule has 0 aromatic carbocycles. The van der Waals surface area contributed by atoms with Gasteiger partial charge in [-0.15, -0.1) is 0 Å². The molecule has 4 rings (SSSR count). The summed E-state index contributed by atoms with van der Waals surface area (Å²) in [5.41, 5.74) is 6.21. The van der Waals surface area contributed by atoms with E-state index in [0.29, 0.717) is 23.9 Å². The molecule has 0 spiro atoms. The maximum absolute atomic E-state index is 12.9. The van der Waals surface area contributed by atoms with Crippen molar-refractivity contribution in [2.45, 2.75) is 102 Å². The quantitative estimate of drug-likeness (QED) is 0.706. The maximum Gasteiger partial charge on any atom is 0.223 e. The Hall–Kier alpha value is -1.10. The van der Waals surface area contributed by atoms with Gasteiger partial charge in [0.05, 0.1) is 0 Å². The second kappa shape index (κ2) is 8.50. The first-order chi connectivity index (χ1) is 13.1. The van der Waals surface area contributed by atoms with Crippen LogP contribution < -0.4 is 16.4 Å². The van der Waals surface area contributed by atoms with Gasteiger partial charge >= 0.3 is 0 Å². The number of carbonyl (C=O) groups excluding carboxylic acids is 2. The Bertz CT molecular complexity index is 524. The Labute approximate surface area is 163 Å². The number of hydrogen-bond acceptors (Lipinski definition) is 3. The SMILES string of the molecule is NC1CC2CCCC(C1)C2NC(=O)C1CCC(NC(=O)C2CCCC2)CC1. The van der Waals surface area contributed by atoms with E-state index in [1.807, 2.05) is 0 Å². The van der Waals surface area contributed by atoms with Crippen LogP contribution in [0.1, 0.15) is 83.5 Å². The molecule has 0 aliphatic heterocycles. The monoisotopic (exact) mass is 375 g/mol. The van der Waals surface area contributed by atoms with Gasteiger partial charge in [-0.2, -0.15) is 0 Å². The largest absolute Gasteiger partial charge is 0.353 e.